The lowest BCUT2D eigenvalue weighted by Crippen LogP contribution is -2.51. The maximum Gasteiger partial charge on any atom is 0.243 e. The van der Waals surface area contributed by atoms with Gasteiger partial charge in [-0.15, -0.1) is 11.8 Å². The van der Waals surface area contributed by atoms with Gasteiger partial charge in [-0.1, -0.05) is 37.6 Å². The zero-order valence-corrected chi connectivity index (χ0v) is 20.1. The topological polar surface area (TPSA) is 58.6 Å². The minimum atomic E-state index is -0.543. The van der Waals surface area contributed by atoms with E-state index in [1.807, 2.05) is 57.2 Å². The predicted octanol–water partition coefficient (Wildman–Crippen LogP) is 5.16. The van der Waals surface area contributed by atoms with Crippen LogP contribution in [0.5, 0.6) is 5.75 Å². The number of carbonyl (C=O) groups is 2. The van der Waals surface area contributed by atoms with E-state index in [0.29, 0.717) is 18.0 Å². The van der Waals surface area contributed by atoms with Crippen molar-refractivity contribution >= 4 is 35.2 Å². The fraction of sp³-hybridized carbons (Fsp3) is 0.417. The van der Waals surface area contributed by atoms with Crippen LogP contribution in [0.2, 0.25) is 5.02 Å². The second-order valence-corrected chi connectivity index (χ2v) is 8.84. The molecule has 0 saturated carbocycles. The molecular formula is C24H31ClN2O3S. The van der Waals surface area contributed by atoms with E-state index in [2.05, 4.69) is 5.32 Å². The molecule has 7 heteroatoms. The van der Waals surface area contributed by atoms with Crippen LogP contribution in [0.3, 0.4) is 0 Å². The first-order valence-electron chi connectivity index (χ1n) is 10.5. The summed E-state index contributed by atoms with van der Waals surface area (Å²) < 4.78 is 5.32. The Kier molecular flexibility index (Phi) is 10.2. The predicted molar refractivity (Wildman–Crippen MR) is 128 cm³/mol. The van der Waals surface area contributed by atoms with Gasteiger partial charge >= 0.3 is 0 Å². The molecule has 0 heterocycles. The van der Waals surface area contributed by atoms with Crippen molar-refractivity contribution in [2.45, 2.75) is 57.1 Å². The molecule has 31 heavy (non-hydrogen) atoms. The van der Waals surface area contributed by atoms with Gasteiger partial charge in [-0.05, 0) is 61.7 Å². The van der Waals surface area contributed by atoms with Crippen LogP contribution < -0.4 is 10.1 Å². The smallest absolute Gasteiger partial charge is 0.243 e. The molecule has 2 amide bonds. The first-order valence-corrected chi connectivity index (χ1v) is 11.8. The monoisotopic (exact) mass is 462 g/mol. The SMILES string of the molecule is CC[C@H](C(=O)N[C@@H](C)CC)N(Cc1cccc(OC)c1)C(=O)CSc1ccc(Cl)cc1. The number of hydrogen-bond donors (Lipinski definition) is 1. The number of carbonyl (C=O) groups excluding carboxylic acids is 2. The summed E-state index contributed by atoms with van der Waals surface area (Å²) in [4.78, 5) is 28.9. The van der Waals surface area contributed by atoms with E-state index in [4.69, 9.17) is 16.3 Å². The number of rotatable bonds is 11. The van der Waals surface area contributed by atoms with Crippen LogP contribution in [0.15, 0.2) is 53.4 Å². The number of methoxy groups -OCH3 is 1. The minimum absolute atomic E-state index is 0.0544. The Morgan fingerprint density at radius 3 is 2.45 bits per heavy atom. The number of halogens is 1. The lowest BCUT2D eigenvalue weighted by Gasteiger charge is -2.31. The average molecular weight is 463 g/mol. The number of benzene rings is 2. The molecule has 0 aliphatic heterocycles. The van der Waals surface area contributed by atoms with Gasteiger partial charge in [0.25, 0.3) is 0 Å². The maximum absolute atomic E-state index is 13.3. The van der Waals surface area contributed by atoms with Gasteiger partial charge in [-0.3, -0.25) is 9.59 Å². The van der Waals surface area contributed by atoms with E-state index in [1.165, 1.54) is 11.8 Å². The molecule has 0 aliphatic rings. The van der Waals surface area contributed by atoms with Gasteiger partial charge in [0, 0.05) is 22.5 Å². The molecule has 2 rings (SSSR count). The zero-order chi connectivity index (χ0) is 22.8. The van der Waals surface area contributed by atoms with E-state index >= 15 is 0 Å². The van der Waals surface area contributed by atoms with Gasteiger partial charge < -0.3 is 15.0 Å². The summed E-state index contributed by atoms with van der Waals surface area (Å²) in [6, 6.07) is 14.5. The molecule has 2 aromatic rings. The number of thioether (sulfide) groups is 1. The van der Waals surface area contributed by atoms with Crippen molar-refractivity contribution in [3.63, 3.8) is 0 Å². The van der Waals surface area contributed by atoms with Crippen molar-refractivity contribution in [2.24, 2.45) is 0 Å². The van der Waals surface area contributed by atoms with Crippen LogP contribution in [0.1, 0.15) is 39.2 Å². The third-order valence-corrected chi connectivity index (χ3v) is 6.30. The maximum atomic E-state index is 13.3. The Balaban J connectivity index is 2.22. The molecule has 2 atom stereocenters. The molecule has 1 N–H and O–H groups in total. The van der Waals surface area contributed by atoms with Crippen molar-refractivity contribution in [1.29, 1.82) is 0 Å². The molecule has 168 valence electrons. The number of nitrogens with zero attached hydrogens (tertiary/aromatic N) is 1. The van der Waals surface area contributed by atoms with Crippen molar-refractivity contribution in [3.05, 3.63) is 59.1 Å². The fourth-order valence-corrected chi connectivity index (χ4v) is 4.00. The van der Waals surface area contributed by atoms with Crippen molar-refractivity contribution in [1.82, 2.24) is 10.2 Å². The molecule has 0 spiro atoms. The summed E-state index contributed by atoms with van der Waals surface area (Å²) in [7, 11) is 1.61. The Labute approximate surface area is 194 Å². The third kappa shape index (κ3) is 7.78. The second-order valence-electron chi connectivity index (χ2n) is 7.36. The van der Waals surface area contributed by atoms with Crippen LogP contribution in [0.4, 0.5) is 0 Å². The van der Waals surface area contributed by atoms with Gasteiger partial charge in [0.15, 0.2) is 0 Å². The molecule has 0 aliphatic carbocycles. The van der Waals surface area contributed by atoms with Gasteiger partial charge in [-0.2, -0.15) is 0 Å². The van der Waals surface area contributed by atoms with Gasteiger partial charge in [0.2, 0.25) is 11.8 Å². The van der Waals surface area contributed by atoms with Crippen LogP contribution in [-0.2, 0) is 16.1 Å². The van der Waals surface area contributed by atoms with Crippen molar-refractivity contribution in [3.8, 4) is 5.75 Å². The molecule has 2 aromatic carbocycles. The summed E-state index contributed by atoms with van der Waals surface area (Å²) in [5, 5.41) is 3.68. The Morgan fingerprint density at radius 2 is 1.84 bits per heavy atom. The standard InChI is InChI=1S/C24H31ClN2O3S/c1-5-17(3)26-24(29)22(6-2)27(15-18-8-7-9-20(14-18)30-4)23(28)16-31-21-12-10-19(25)11-13-21/h7-14,17,22H,5-6,15-16H2,1-4H3,(H,26,29)/t17-,22+/m0/s1. The fourth-order valence-electron chi connectivity index (χ4n) is 3.09. The van der Waals surface area contributed by atoms with E-state index in [-0.39, 0.29) is 23.6 Å². The zero-order valence-electron chi connectivity index (χ0n) is 18.6. The summed E-state index contributed by atoms with van der Waals surface area (Å²) in [6.07, 6.45) is 1.36. The van der Waals surface area contributed by atoms with E-state index < -0.39 is 6.04 Å². The molecular weight excluding hydrogens is 432 g/mol. The molecule has 0 saturated heterocycles. The summed E-state index contributed by atoms with van der Waals surface area (Å²) in [5.74, 6) is 0.745. The van der Waals surface area contributed by atoms with Crippen LogP contribution >= 0.6 is 23.4 Å². The van der Waals surface area contributed by atoms with E-state index in [0.717, 1.165) is 22.6 Å². The highest BCUT2D eigenvalue weighted by molar-refractivity contribution is 8.00. The van der Waals surface area contributed by atoms with Crippen molar-refractivity contribution < 1.29 is 14.3 Å². The number of amides is 2. The highest BCUT2D eigenvalue weighted by Crippen LogP contribution is 2.23. The Bertz CT molecular complexity index is 860. The normalized spacial score (nSPS) is 12.7. The number of ether oxygens (including phenoxy) is 1. The van der Waals surface area contributed by atoms with E-state index in [9.17, 15) is 9.59 Å². The third-order valence-electron chi connectivity index (χ3n) is 5.05. The van der Waals surface area contributed by atoms with Gasteiger partial charge in [-0.25, -0.2) is 0 Å². The highest BCUT2D eigenvalue weighted by atomic mass is 35.5. The highest BCUT2D eigenvalue weighted by Gasteiger charge is 2.29. The lowest BCUT2D eigenvalue weighted by molar-refractivity contribution is -0.139. The lowest BCUT2D eigenvalue weighted by atomic mass is 10.1. The first kappa shape index (κ1) is 25.1. The summed E-state index contributed by atoms with van der Waals surface area (Å²) >= 11 is 7.38. The average Bonchev–Trinajstić information content (AvgIpc) is 2.78. The van der Waals surface area contributed by atoms with Crippen LogP contribution in [0.25, 0.3) is 0 Å². The van der Waals surface area contributed by atoms with Crippen LogP contribution in [-0.4, -0.2) is 41.7 Å². The molecule has 0 fully saturated rings. The molecule has 0 aromatic heterocycles. The van der Waals surface area contributed by atoms with Crippen LogP contribution in [0, 0.1) is 0 Å². The molecule has 0 bridgehead atoms. The van der Waals surface area contributed by atoms with E-state index in [1.54, 1.807) is 24.1 Å². The Hall–Kier alpha value is -2.18. The largest absolute Gasteiger partial charge is 0.497 e. The first-order chi connectivity index (χ1) is 14.9. The summed E-state index contributed by atoms with van der Waals surface area (Å²) in [5.41, 5.74) is 0.916. The number of hydrogen-bond acceptors (Lipinski definition) is 4. The molecule has 0 unspecified atom stereocenters. The quantitative estimate of drug-likeness (QED) is 0.468. The number of nitrogens with one attached hydrogen (secondary N) is 1. The molecule has 5 nitrogen and oxygen atoms in total. The molecule has 0 radical (unpaired) electrons. The van der Waals surface area contributed by atoms with Gasteiger partial charge in [0.1, 0.15) is 11.8 Å². The second kappa shape index (κ2) is 12.6. The minimum Gasteiger partial charge on any atom is -0.497 e. The van der Waals surface area contributed by atoms with Crippen molar-refractivity contribution in [2.75, 3.05) is 12.9 Å². The van der Waals surface area contributed by atoms with Gasteiger partial charge in [0.05, 0.1) is 12.9 Å². The Morgan fingerprint density at radius 1 is 1.13 bits per heavy atom. The summed E-state index contributed by atoms with van der Waals surface area (Å²) in [6.45, 7) is 6.26.